The van der Waals surface area contributed by atoms with Gasteiger partial charge in [-0.15, -0.1) is 0 Å². The Labute approximate surface area is 123 Å². The first-order chi connectivity index (χ1) is 9.78. The fraction of sp³-hybridized carbons (Fsp3) is 0.538. The van der Waals surface area contributed by atoms with Gasteiger partial charge in [-0.05, 0) is 12.1 Å². The van der Waals surface area contributed by atoms with Gasteiger partial charge in [0.2, 0.25) is 0 Å². The molecule has 1 aliphatic heterocycles. The fourth-order valence-electron chi connectivity index (χ4n) is 2.50. The van der Waals surface area contributed by atoms with Crippen molar-refractivity contribution in [2.75, 3.05) is 26.2 Å². The van der Waals surface area contributed by atoms with Crippen LogP contribution in [0.3, 0.4) is 0 Å². The van der Waals surface area contributed by atoms with Gasteiger partial charge in [-0.3, -0.25) is 4.90 Å². The Morgan fingerprint density at radius 3 is 2.14 bits per heavy atom. The van der Waals surface area contributed by atoms with E-state index in [0.717, 1.165) is 12.1 Å². The van der Waals surface area contributed by atoms with Crippen LogP contribution in [0.5, 0.6) is 0 Å². The summed E-state index contributed by atoms with van der Waals surface area (Å²) in [7, 11) is 0. The number of hydrogen-bond donors (Lipinski definition) is 1. The summed E-state index contributed by atoms with van der Waals surface area (Å²) in [6.45, 7) is 1.54. The van der Waals surface area contributed by atoms with Crippen LogP contribution in [0.2, 0.25) is 5.02 Å². The number of benzene rings is 1. The van der Waals surface area contributed by atoms with E-state index in [2.05, 4.69) is 5.32 Å². The Kier molecular flexibility index (Phi) is 5.06. The molecule has 0 unspecified atom stereocenters. The molecule has 21 heavy (non-hydrogen) atoms. The number of rotatable bonds is 3. The highest BCUT2D eigenvalue weighted by molar-refractivity contribution is 6.30. The average Bonchev–Trinajstić information content (AvgIpc) is 2.36. The van der Waals surface area contributed by atoms with Gasteiger partial charge in [0, 0.05) is 42.8 Å². The standard InChI is InChI=1S/C13H14ClF5N2/c14-8-5-9(15)12(10(16)6-8)11(7-13(17,18)19)21-3-1-20-2-4-21/h5-6,11,20H,1-4,7H2/t11-/m1/s1. The third-order valence-corrected chi connectivity index (χ3v) is 3.61. The monoisotopic (exact) mass is 328 g/mol. The first-order valence-corrected chi connectivity index (χ1v) is 6.81. The second kappa shape index (κ2) is 6.46. The van der Waals surface area contributed by atoms with E-state index in [0.29, 0.717) is 26.2 Å². The van der Waals surface area contributed by atoms with Gasteiger partial charge in [0.1, 0.15) is 11.6 Å². The Morgan fingerprint density at radius 2 is 1.67 bits per heavy atom. The molecule has 118 valence electrons. The molecule has 1 heterocycles. The molecule has 0 aliphatic carbocycles. The van der Waals surface area contributed by atoms with Crippen LogP contribution in [-0.2, 0) is 0 Å². The van der Waals surface area contributed by atoms with Crippen molar-refractivity contribution in [3.05, 3.63) is 34.4 Å². The lowest BCUT2D eigenvalue weighted by Crippen LogP contribution is -2.46. The topological polar surface area (TPSA) is 15.3 Å². The number of halogens is 6. The summed E-state index contributed by atoms with van der Waals surface area (Å²) in [5, 5.41) is 2.81. The molecule has 0 radical (unpaired) electrons. The zero-order valence-electron chi connectivity index (χ0n) is 11.0. The summed E-state index contributed by atoms with van der Waals surface area (Å²) < 4.78 is 66.2. The van der Waals surface area contributed by atoms with Gasteiger partial charge in [0.25, 0.3) is 0 Å². The van der Waals surface area contributed by atoms with Gasteiger partial charge in [-0.25, -0.2) is 8.78 Å². The summed E-state index contributed by atoms with van der Waals surface area (Å²) >= 11 is 5.52. The van der Waals surface area contributed by atoms with E-state index in [1.807, 2.05) is 0 Å². The van der Waals surface area contributed by atoms with Crippen LogP contribution >= 0.6 is 11.6 Å². The summed E-state index contributed by atoms with van der Waals surface area (Å²) in [6.07, 6.45) is -5.82. The number of nitrogens with zero attached hydrogens (tertiary/aromatic N) is 1. The lowest BCUT2D eigenvalue weighted by atomic mass is 9.99. The third-order valence-electron chi connectivity index (χ3n) is 3.39. The number of nitrogens with one attached hydrogen (secondary N) is 1. The molecule has 0 aromatic heterocycles. The van der Waals surface area contributed by atoms with Crippen LogP contribution in [0.15, 0.2) is 12.1 Å². The molecule has 2 rings (SSSR count). The SMILES string of the molecule is Fc1cc(Cl)cc(F)c1[C@@H](CC(F)(F)F)N1CCNCC1. The largest absolute Gasteiger partial charge is 0.390 e. The lowest BCUT2D eigenvalue weighted by Gasteiger charge is -2.35. The van der Waals surface area contributed by atoms with E-state index in [4.69, 9.17) is 11.6 Å². The minimum atomic E-state index is -4.52. The predicted molar refractivity (Wildman–Crippen MR) is 69.2 cm³/mol. The Morgan fingerprint density at radius 1 is 1.14 bits per heavy atom. The second-order valence-electron chi connectivity index (χ2n) is 4.90. The predicted octanol–water partition coefficient (Wildman–Crippen LogP) is 3.52. The minimum absolute atomic E-state index is 0.181. The minimum Gasteiger partial charge on any atom is -0.314 e. The smallest absolute Gasteiger partial charge is 0.314 e. The second-order valence-corrected chi connectivity index (χ2v) is 5.34. The van der Waals surface area contributed by atoms with Gasteiger partial charge < -0.3 is 5.32 Å². The van der Waals surface area contributed by atoms with E-state index in [1.165, 1.54) is 4.90 Å². The first-order valence-electron chi connectivity index (χ1n) is 6.44. The van der Waals surface area contributed by atoms with Crippen LogP contribution < -0.4 is 5.32 Å². The summed E-state index contributed by atoms with van der Waals surface area (Å²) in [5.41, 5.74) is -0.571. The van der Waals surface area contributed by atoms with E-state index in [1.54, 1.807) is 0 Å². The van der Waals surface area contributed by atoms with Gasteiger partial charge >= 0.3 is 6.18 Å². The van der Waals surface area contributed by atoms with Gasteiger partial charge in [0.05, 0.1) is 6.42 Å². The molecule has 0 spiro atoms. The van der Waals surface area contributed by atoms with E-state index in [-0.39, 0.29) is 5.02 Å². The molecule has 2 nitrogen and oxygen atoms in total. The van der Waals surface area contributed by atoms with Crippen LogP contribution in [0, 0.1) is 11.6 Å². The highest BCUT2D eigenvalue weighted by Crippen LogP contribution is 2.37. The zero-order chi connectivity index (χ0) is 15.6. The highest BCUT2D eigenvalue weighted by atomic mass is 35.5. The van der Waals surface area contributed by atoms with E-state index >= 15 is 0 Å². The van der Waals surface area contributed by atoms with Crippen molar-refractivity contribution in [3.8, 4) is 0 Å². The van der Waals surface area contributed by atoms with Crippen molar-refractivity contribution in [2.24, 2.45) is 0 Å². The molecular formula is C13H14ClF5N2. The zero-order valence-corrected chi connectivity index (χ0v) is 11.7. The molecule has 1 fully saturated rings. The van der Waals surface area contributed by atoms with E-state index in [9.17, 15) is 22.0 Å². The van der Waals surface area contributed by atoms with Crippen LogP contribution in [-0.4, -0.2) is 37.3 Å². The molecular weight excluding hydrogens is 315 g/mol. The maximum absolute atomic E-state index is 14.0. The Balaban J connectivity index is 2.39. The van der Waals surface area contributed by atoms with Gasteiger partial charge in [-0.2, -0.15) is 13.2 Å². The van der Waals surface area contributed by atoms with Crippen LogP contribution in [0.1, 0.15) is 18.0 Å². The van der Waals surface area contributed by atoms with Gasteiger partial charge in [0.15, 0.2) is 0 Å². The maximum atomic E-state index is 14.0. The van der Waals surface area contributed by atoms with Crippen molar-refractivity contribution >= 4 is 11.6 Å². The normalized spacial score (nSPS) is 18.8. The van der Waals surface area contributed by atoms with Crippen molar-refractivity contribution in [1.29, 1.82) is 0 Å². The average molecular weight is 329 g/mol. The quantitative estimate of drug-likeness (QED) is 0.854. The molecule has 1 aromatic rings. The summed E-state index contributed by atoms with van der Waals surface area (Å²) in [6, 6.07) is 0.293. The Bertz CT molecular complexity index is 477. The fourth-order valence-corrected chi connectivity index (χ4v) is 2.69. The third kappa shape index (κ3) is 4.28. The highest BCUT2D eigenvalue weighted by Gasteiger charge is 2.38. The molecule has 0 saturated carbocycles. The van der Waals surface area contributed by atoms with Crippen molar-refractivity contribution < 1.29 is 22.0 Å². The van der Waals surface area contributed by atoms with Crippen molar-refractivity contribution in [3.63, 3.8) is 0 Å². The molecule has 0 amide bonds. The molecule has 1 saturated heterocycles. The molecule has 1 aliphatic rings. The van der Waals surface area contributed by atoms with Crippen LogP contribution in [0.25, 0.3) is 0 Å². The van der Waals surface area contributed by atoms with E-state index < -0.39 is 35.8 Å². The number of alkyl halides is 3. The number of hydrogen-bond acceptors (Lipinski definition) is 2. The van der Waals surface area contributed by atoms with Crippen molar-refractivity contribution in [2.45, 2.75) is 18.6 Å². The lowest BCUT2D eigenvalue weighted by molar-refractivity contribution is -0.149. The van der Waals surface area contributed by atoms with Gasteiger partial charge in [-0.1, -0.05) is 11.6 Å². The Hall–Kier alpha value is -0.920. The molecule has 0 bridgehead atoms. The maximum Gasteiger partial charge on any atom is 0.390 e. The molecule has 1 N–H and O–H groups in total. The molecule has 1 atom stereocenters. The summed E-state index contributed by atoms with van der Waals surface area (Å²) in [5.74, 6) is -2.10. The van der Waals surface area contributed by atoms with Crippen molar-refractivity contribution in [1.82, 2.24) is 10.2 Å². The molecule has 8 heteroatoms. The number of piperazine rings is 1. The van der Waals surface area contributed by atoms with Crippen LogP contribution in [0.4, 0.5) is 22.0 Å². The summed E-state index contributed by atoms with van der Waals surface area (Å²) in [4.78, 5) is 1.44. The molecule has 1 aromatic carbocycles. The first kappa shape index (κ1) is 16.5.